The number of carbonyl (C=O) groups is 1. The van der Waals surface area contributed by atoms with E-state index < -0.39 is 11.5 Å². The third kappa shape index (κ3) is 2.14. The molecule has 86 valence electrons. The maximum Gasteiger partial charge on any atom is 0.323 e. The lowest BCUT2D eigenvalue weighted by atomic mass is 10.3. The van der Waals surface area contributed by atoms with Crippen LogP contribution in [0.25, 0.3) is 0 Å². The van der Waals surface area contributed by atoms with Crippen LogP contribution in [0.2, 0.25) is 0 Å². The highest BCUT2D eigenvalue weighted by Crippen LogP contribution is 2.35. The normalized spacial score (nSPS) is 17.0. The quantitative estimate of drug-likeness (QED) is 0.738. The summed E-state index contributed by atoms with van der Waals surface area (Å²) in [6.07, 6.45) is 3.04. The Hall–Kier alpha value is -1.62. The molecule has 0 unspecified atom stereocenters. The van der Waals surface area contributed by atoms with E-state index in [1.165, 1.54) is 6.07 Å². The van der Waals surface area contributed by atoms with Crippen molar-refractivity contribution in [3.63, 3.8) is 0 Å². The number of rotatable bonds is 5. The van der Waals surface area contributed by atoms with Crippen LogP contribution >= 0.6 is 0 Å². The van der Waals surface area contributed by atoms with Gasteiger partial charge in [0.2, 0.25) is 0 Å². The number of aromatic nitrogens is 1. The Morgan fingerprint density at radius 3 is 2.81 bits per heavy atom. The van der Waals surface area contributed by atoms with E-state index >= 15 is 0 Å². The van der Waals surface area contributed by atoms with Crippen LogP contribution in [0.15, 0.2) is 29.2 Å². The number of carboxylic acids is 1. The van der Waals surface area contributed by atoms with E-state index in [2.05, 4.69) is 5.32 Å². The SMILES string of the molecule is O=C(O)C1(NCCn2ccccc2=O)CC1. The van der Waals surface area contributed by atoms with Crippen molar-refractivity contribution in [2.75, 3.05) is 6.54 Å². The lowest BCUT2D eigenvalue weighted by molar-refractivity contribution is -0.140. The van der Waals surface area contributed by atoms with Crippen LogP contribution in [-0.2, 0) is 11.3 Å². The van der Waals surface area contributed by atoms with Crippen molar-refractivity contribution in [1.82, 2.24) is 9.88 Å². The summed E-state index contributed by atoms with van der Waals surface area (Å²) in [4.78, 5) is 22.2. The predicted molar refractivity (Wildman–Crippen MR) is 58.3 cm³/mol. The van der Waals surface area contributed by atoms with Gasteiger partial charge in [0, 0.05) is 25.4 Å². The minimum Gasteiger partial charge on any atom is -0.480 e. The number of carboxylic acid groups (broad SMARTS) is 1. The van der Waals surface area contributed by atoms with E-state index in [0.717, 1.165) is 0 Å². The van der Waals surface area contributed by atoms with Crippen molar-refractivity contribution in [3.05, 3.63) is 34.7 Å². The van der Waals surface area contributed by atoms with Gasteiger partial charge in [0.1, 0.15) is 5.54 Å². The zero-order valence-electron chi connectivity index (χ0n) is 8.85. The Labute approximate surface area is 92.7 Å². The van der Waals surface area contributed by atoms with Gasteiger partial charge in [-0.3, -0.25) is 9.59 Å². The fourth-order valence-corrected chi connectivity index (χ4v) is 1.65. The maximum atomic E-state index is 11.3. The molecule has 1 aliphatic carbocycles. The molecule has 0 aromatic carbocycles. The second kappa shape index (κ2) is 4.09. The van der Waals surface area contributed by atoms with Crippen LogP contribution < -0.4 is 10.9 Å². The highest BCUT2D eigenvalue weighted by Gasteiger charge is 2.49. The zero-order valence-corrected chi connectivity index (χ0v) is 8.85. The van der Waals surface area contributed by atoms with E-state index in [9.17, 15) is 9.59 Å². The number of hydrogen-bond acceptors (Lipinski definition) is 3. The molecule has 1 heterocycles. The van der Waals surface area contributed by atoms with E-state index in [0.29, 0.717) is 25.9 Å². The smallest absolute Gasteiger partial charge is 0.323 e. The van der Waals surface area contributed by atoms with Gasteiger partial charge in [0.25, 0.3) is 5.56 Å². The van der Waals surface area contributed by atoms with E-state index in [-0.39, 0.29) is 5.56 Å². The van der Waals surface area contributed by atoms with Gasteiger partial charge in [-0.25, -0.2) is 0 Å². The Morgan fingerprint density at radius 2 is 2.25 bits per heavy atom. The van der Waals surface area contributed by atoms with Gasteiger partial charge in [-0.2, -0.15) is 0 Å². The van der Waals surface area contributed by atoms with Gasteiger partial charge in [-0.15, -0.1) is 0 Å². The van der Waals surface area contributed by atoms with Crippen LogP contribution in [-0.4, -0.2) is 27.7 Å². The molecule has 1 saturated carbocycles. The van der Waals surface area contributed by atoms with Crippen LogP contribution in [0.1, 0.15) is 12.8 Å². The fourth-order valence-electron chi connectivity index (χ4n) is 1.65. The predicted octanol–water partition coefficient (Wildman–Crippen LogP) is 0.0551. The molecule has 2 rings (SSSR count). The van der Waals surface area contributed by atoms with E-state index in [1.807, 2.05) is 0 Å². The van der Waals surface area contributed by atoms with Crippen molar-refractivity contribution < 1.29 is 9.90 Å². The van der Waals surface area contributed by atoms with Crippen molar-refractivity contribution in [2.45, 2.75) is 24.9 Å². The van der Waals surface area contributed by atoms with Crippen molar-refractivity contribution >= 4 is 5.97 Å². The Bertz CT molecular complexity index is 449. The molecule has 5 heteroatoms. The Kier molecular flexibility index (Phi) is 2.78. The monoisotopic (exact) mass is 222 g/mol. The molecule has 0 aliphatic heterocycles. The summed E-state index contributed by atoms with van der Waals surface area (Å²) in [5.74, 6) is -0.798. The fraction of sp³-hybridized carbons (Fsp3) is 0.455. The molecular formula is C11H14N2O3. The van der Waals surface area contributed by atoms with Gasteiger partial charge < -0.3 is 15.0 Å². The van der Waals surface area contributed by atoms with Crippen LogP contribution in [0.4, 0.5) is 0 Å². The molecule has 0 amide bonds. The summed E-state index contributed by atoms with van der Waals surface area (Å²) >= 11 is 0. The summed E-state index contributed by atoms with van der Waals surface area (Å²) in [5.41, 5.74) is -0.789. The number of pyridine rings is 1. The van der Waals surface area contributed by atoms with Crippen LogP contribution in [0, 0.1) is 0 Å². The molecule has 5 nitrogen and oxygen atoms in total. The lowest BCUT2D eigenvalue weighted by Crippen LogP contribution is -2.41. The third-order valence-corrected chi connectivity index (χ3v) is 2.87. The van der Waals surface area contributed by atoms with Gasteiger partial charge in [0.15, 0.2) is 0 Å². The number of aliphatic carboxylic acids is 1. The standard InChI is InChI=1S/C11H14N2O3/c14-9-3-1-2-7-13(9)8-6-12-11(4-5-11)10(15)16/h1-3,7,12H,4-6,8H2,(H,15,16). The largest absolute Gasteiger partial charge is 0.480 e. The molecule has 1 fully saturated rings. The van der Waals surface area contributed by atoms with Gasteiger partial charge >= 0.3 is 5.97 Å². The molecule has 1 aliphatic rings. The van der Waals surface area contributed by atoms with Gasteiger partial charge in [0.05, 0.1) is 0 Å². The molecule has 1 aromatic heterocycles. The van der Waals surface area contributed by atoms with Crippen molar-refractivity contribution in [3.8, 4) is 0 Å². The molecule has 1 aromatic rings. The second-order valence-corrected chi connectivity index (χ2v) is 4.05. The zero-order chi connectivity index (χ0) is 11.6. The minimum atomic E-state index is -0.798. The molecular weight excluding hydrogens is 208 g/mol. The maximum absolute atomic E-state index is 11.3. The van der Waals surface area contributed by atoms with E-state index in [4.69, 9.17) is 5.11 Å². The van der Waals surface area contributed by atoms with Gasteiger partial charge in [-0.05, 0) is 18.9 Å². The van der Waals surface area contributed by atoms with Crippen LogP contribution in [0.5, 0.6) is 0 Å². The molecule has 16 heavy (non-hydrogen) atoms. The van der Waals surface area contributed by atoms with E-state index in [1.54, 1.807) is 22.9 Å². The van der Waals surface area contributed by atoms with Crippen molar-refractivity contribution in [2.24, 2.45) is 0 Å². The molecule has 0 bridgehead atoms. The first-order valence-electron chi connectivity index (χ1n) is 5.28. The average molecular weight is 222 g/mol. The molecule has 2 N–H and O–H groups in total. The Balaban J connectivity index is 1.88. The van der Waals surface area contributed by atoms with Crippen molar-refractivity contribution in [1.29, 1.82) is 0 Å². The summed E-state index contributed by atoms with van der Waals surface area (Å²) in [6, 6.07) is 4.96. The summed E-state index contributed by atoms with van der Waals surface area (Å²) in [5, 5.41) is 11.9. The lowest BCUT2D eigenvalue weighted by Gasteiger charge is -2.12. The first kappa shape index (κ1) is 10.9. The summed E-state index contributed by atoms with van der Waals surface area (Å²) < 4.78 is 1.56. The van der Waals surface area contributed by atoms with Crippen LogP contribution in [0.3, 0.4) is 0 Å². The summed E-state index contributed by atoms with van der Waals surface area (Å²) in [6.45, 7) is 0.991. The number of nitrogens with one attached hydrogen (secondary N) is 1. The third-order valence-electron chi connectivity index (χ3n) is 2.87. The number of hydrogen-bond donors (Lipinski definition) is 2. The number of nitrogens with zero attached hydrogens (tertiary/aromatic N) is 1. The first-order chi connectivity index (χ1) is 7.64. The summed E-state index contributed by atoms with van der Waals surface area (Å²) in [7, 11) is 0. The molecule has 0 atom stereocenters. The average Bonchev–Trinajstić information content (AvgIpc) is 3.02. The second-order valence-electron chi connectivity index (χ2n) is 4.05. The highest BCUT2D eigenvalue weighted by atomic mass is 16.4. The molecule has 0 saturated heterocycles. The Morgan fingerprint density at radius 1 is 1.50 bits per heavy atom. The first-order valence-corrected chi connectivity index (χ1v) is 5.28. The topological polar surface area (TPSA) is 71.3 Å². The highest BCUT2D eigenvalue weighted by molar-refractivity contribution is 5.82. The molecule has 0 spiro atoms. The minimum absolute atomic E-state index is 0.0653. The molecule has 0 radical (unpaired) electrons. The van der Waals surface area contributed by atoms with Gasteiger partial charge in [-0.1, -0.05) is 6.07 Å².